The molecule has 0 radical (unpaired) electrons. The molecule has 1 saturated heterocycles. The third kappa shape index (κ3) is 5.27. The van der Waals surface area contributed by atoms with E-state index in [0.717, 1.165) is 10.0 Å². The average Bonchev–Trinajstić information content (AvgIpc) is 3.22. The van der Waals surface area contributed by atoms with Crippen LogP contribution in [0.1, 0.15) is 24.8 Å². The van der Waals surface area contributed by atoms with Crippen LogP contribution < -0.4 is 10.6 Å². The van der Waals surface area contributed by atoms with Crippen molar-refractivity contribution in [1.82, 2.24) is 9.62 Å². The lowest BCUT2D eigenvalue weighted by molar-refractivity contribution is -0.124. The summed E-state index contributed by atoms with van der Waals surface area (Å²) in [5.74, 6) is -0.602. The van der Waals surface area contributed by atoms with Crippen LogP contribution in [0, 0.1) is 6.92 Å². The summed E-state index contributed by atoms with van der Waals surface area (Å²) in [5.41, 5.74) is 1.64. The maximum Gasteiger partial charge on any atom is 0.243 e. The van der Waals surface area contributed by atoms with Gasteiger partial charge in [0, 0.05) is 29.7 Å². The van der Waals surface area contributed by atoms with E-state index in [-0.39, 0.29) is 29.7 Å². The van der Waals surface area contributed by atoms with E-state index in [1.54, 1.807) is 18.2 Å². The van der Waals surface area contributed by atoms with E-state index in [1.807, 2.05) is 25.1 Å². The van der Waals surface area contributed by atoms with E-state index >= 15 is 0 Å². The molecular weight excluding hydrogens is 470 g/mol. The van der Waals surface area contributed by atoms with Crippen LogP contribution in [0.4, 0.5) is 5.69 Å². The molecule has 2 aromatic rings. The summed E-state index contributed by atoms with van der Waals surface area (Å²) in [6.45, 7) is 2.33. The predicted octanol–water partition coefficient (Wildman–Crippen LogP) is 3.06. The van der Waals surface area contributed by atoms with Crippen molar-refractivity contribution in [2.24, 2.45) is 0 Å². The molecule has 0 aliphatic carbocycles. The van der Waals surface area contributed by atoms with Crippen molar-refractivity contribution in [3.63, 3.8) is 0 Å². The predicted molar refractivity (Wildman–Crippen MR) is 118 cm³/mol. The van der Waals surface area contributed by atoms with Crippen LogP contribution in [0.3, 0.4) is 0 Å². The highest BCUT2D eigenvalue weighted by molar-refractivity contribution is 9.10. The Labute approximate surface area is 185 Å². The van der Waals surface area contributed by atoms with Crippen LogP contribution in [-0.2, 0) is 19.6 Å². The van der Waals surface area contributed by atoms with Crippen molar-refractivity contribution in [1.29, 1.82) is 0 Å². The first-order valence-corrected chi connectivity index (χ1v) is 11.9. The Morgan fingerprint density at radius 2 is 1.90 bits per heavy atom. The molecule has 1 aliphatic rings. The van der Waals surface area contributed by atoms with Gasteiger partial charge in [0.15, 0.2) is 0 Å². The molecule has 0 spiro atoms. The smallest absolute Gasteiger partial charge is 0.243 e. The van der Waals surface area contributed by atoms with Gasteiger partial charge in [-0.2, -0.15) is 4.31 Å². The second kappa shape index (κ2) is 9.72. The Morgan fingerprint density at radius 1 is 1.17 bits per heavy atom. The number of nitrogens with one attached hydrogen (secondary N) is 2. The van der Waals surface area contributed by atoms with Gasteiger partial charge in [-0.1, -0.05) is 40.2 Å². The second-order valence-corrected chi connectivity index (χ2v) is 9.94. The number of aryl methyl sites for hydroxylation is 1. The Balaban J connectivity index is 1.55. The first-order valence-electron chi connectivity index (χ1n) is 9.69. The fourth-order valence-corrected chi connectivity index (χ4v) is 5.41. The molecule has 0 saturated carbocycles. The number of hydrogen-bond donors (Lipinski definition) is 2. The minimum atomic E-state index is -3.74. The van der Waals surface area contributed by atoms with Gasteiger partial charge in [-0.3, -0.25) is 9.59 Å². The van der Waals surface area contributed by atoms with Crippen molar-refractivity contribution in [3.05, 3.63) is 58.6 Å². The number of carbonyl (C=O) groups is 2. The molecule has 1 heterocycles. The molecule has 160 valence electrons. The van der Waals surface area contributed by atoms with Crippen molar-refractivity contribution < 1.29 is 18.0 Å². The minimum Gasteiger partial charge on any atom is -0.354 e. The molecule has 0 bridgehead atoms. The lowest BCUT2D eigenvalue weighted by Crippen LogP contribution is -2.46. The van der Waals surface area contributed by atoms with E-state index in [4.69, 9.17) is 0 Å². The number of sulfonamides is 1. The molecule has 2 N–H and O–H groups in total. The molecular formula is C21H24BrN3O4S. The second-order valence-electron chi connectivity index (χ2n) is 7.14. The summed E-state index contributed by atoms with van der Waals surface area (Å²) < 4.78 is 27.9. The molecule has 3 rings (SSSR count). The van der Waals surface area contributed by atoms with Crippen LogP contribution in [0.2, 0.25) is 0 Å². The maximum absolute atomic E-state index is 12.9. The lowest BCUT2D eigenvalue weighted by Gasteiger charge is -2.23. The molecule has 2 amide bonds. The minimum absolute atomic E-state index is 0.0931. The normalized spacial score (nSPS) is 16.9. The molecule has 30 heavy (non-hydrogen) atoms. The number of halogens is 1. The monoisotopic (exact) mass is 493 g/mol. The van der Waals surface area contributed by atoms with Crippen LogP contribution in [-0.4, -0.2) is 43.7 Å². The Bertz CT molecular complexity index is 1030. The van der Waals surface area contributed by atoms with Gasteiger partial charge >= 0.3 is 0 Å². The Kier molecular flexibility index (Phi) is 7.27. The lowest BCUT2D eigenvalue weighted by atomic mass is 10.2. The van der Waals surface area contributed by atoms with Gasteiger partial charge in [0.25, 0.3) is 0 Å². The van der Waals surface area contributed by atoms with Crippen molar-refractivity contribution in [3.8, 4) is 0 Å². The molecule has 9 heteroatoms. The molecule has 1 fully saturated rings. The van der Waals surface area contributed by atoms with Gasteiger partial charge in [-0.25, -0.2) is 8.42 Å². The number of hydrogen-bond acceptors (Lipinski definition) is 4. The van der Waals surface area contributed by atoms with Crippen LogP contribution in [0.25, 0.3) is 0 Å². The van der Waals surface area contributed by atoms with Gasteiger partial charge < -0.3 is 10.6 Å². The van der Waals surface area contributed by atoms with E-state index in [1.165, 1.54) is 16.4 Å². The number of anilines is 1. The van der Waals surface area contributed by atoms with Crippen LogP contribution >= 0.6 is 15.9 Å². The number of benzene rings is 2. The van der Waals surface area contributed by atoms with E-state index in [0.29, 0.717) is 25.1 Å². The van der Waals surface area contributed by atoms with Crippen molar-refractivity contribution in [2.75, 3.05) is 18.4 Å². The number of nitrogens with zero attached hydrogens (tertiary/aromatic N) is 1. The third-order valence-corrected chi connectivity index (χ3v) is 7.40. The van der Waals surface area contributed by atoms with E-state index in [2.05, 4.69) is 26.6 Å². The molecule has 0 aromatic heterocycles. The van der Waals surface area contributed by atoms with Gasteiger partial charge in [0.2, 0.25) is 21.8 Å². The highest BCUT2D eigenvalue weighted by Crippen LogP contribution is 2.26. The zero-order chi connectivity index (χ0) is 21.7. The highest BCUT2D eigenvalue weighted by Gasteiger charge is 2.39. The van der Waals surface area contributed by atoms with Gasteiger partial charge in [-0.05, 0) is 49.6 Å². The van der Waals surface area contributed by atoms with Crippen molar-refractivity contribution >= 4 is 43.5 Å². The number of carbonyl (C=O) groups excluding carboxylic acids is 2. The average molecular weight is 494 g/mol. The first-order chi connectivity index (χ1) is 14.3. The standard InChI is InChI=1S/C21H24BrN3O4S/c1-15-9-10-16(22)14-18(15)24-20(26)11-12-23-21(27)19-8-5-13-25(19)30(28,29)17-6-3-2-4-7-17/h2-4,6-7,9-10,14,19H,5,8,11-13H2,1H3,(H,23,27)(H,24,26). The first kappa shape index (κ1) is 22.5. The van der Waals surface area contributed by atoms with E-state index in [9.17, 15) is 18.0 Å². The summed E-state index contributed by atoms with van der Waals surface area (Å²) in [6, 6.07) is 12.9. The zero-order valence-electron chi connectivity index (χ0n) is 16.6. The fourth-order valence-electron chi connectivity index (χ4n) is 3.38. The summed E-state index contributed by atoms with van der Waals surface area (Å²) >= 11 is 3.37. The fraction of sp³-hybridized carbons (Fsp3) is 0.333. The summed E-state index contributed by atoms with van der Waals surface area (Å²) in [6.07, 6.45) is 1.17. The maximum atomic E-state index is 12.9. The van der Waals surface area contributed by atoms with E-state index < -0.39 is 16.1 Å². The van der Waals surface area contributed by atoms with Crippen molar-refractivity contribution in [2.45, 2.75) is 37.1 Å². The largest absolute Gasteiger partial charge is 0.354 e. The molecule has 1 atom stereocenters. The topological polar surface area (TPSA) is 95.6 Å². The van der Waals surface area contributed by atoms with Gasteiger partial charge in [-0.15, -0.1) is 0 Å². The van der Waals surface area contributed by atoms with Gasteiger partial charge in [0.1, 0.15) is 6.04 Å². The SMILES string of the molecule is Cc1ccc(Br)cc1NC(=O)CCNC(=O)C1CCCN1S(=O)(=O)c1ccccc1. The van der Waals surface area contributed by atoms with Crippen LogP contribution in [0.5, 0.6) is 0 Å². The number of rotatable bonds is 7. The zero-order valence-corrected chi connectivity index (χ0v) is 19.0. The van der Waals surface area contributed by atoms with Gasteiger partial charge in [0.05, 0.1) is 4.90 Å². The molecule has 2 aromatic carbocycles. The Hall–Kier alpha value is -2.23. The molecule has 1 unspecified atom stereocenters. The summed E-state index contributed by atoms with van der Waals surface area (Å²) in [4.78, 5) is 25.0. The highest BCUT2D eigenvalue weighted by atomic mass is 79.9. The molecule has 7 nitrogen and oxygen atoms in total. The third-order valence-electron chi connectivity index (χ3n) is 4.98. The quantitative estimate of drug-likeness (QED) is 0.619. The Morgan fingerprint density at radius 3 is 2.63 bits per heavy atom. The summed E-state index contributed by atoms with van der Waals surface area (Å²) in [7, 11) is -3.74. The number of amides is 2. The van der Waals surface area contributed by atoms with Crippen LogP contribution in [0.15, 0.2) is 57.9 Å². The summed E-state index contributed by atoms with van der Waals surface area (Å²) in [5, 5.41) is 5.53. The molecule has 1 aliphatic heterocycles.